The Hall–Kier alpha value is 0.200. The van der Waals surface area contributed by atoms with Gasteiger partial charge in [0.25, 0.3) is 0 Å². The first-order valence-corrected chi connectivity index (χ1v) is 4.55. The lowest BCUT2D eigenvalue weighted by Gasteiger charge is -2.04. The third-order valence-corrected chi connectivity index (χ3v) is 2.78. The lowest BCUT2D eigenvalue weighted by Crippen LogP contribution is -2.10. The Morgan fingerprint density at radius 3 is 2.64 bits per heavy atom. The third kappa shape index (κ3) is 2.07. The van der Waals surface area contributed by atoms with E-state index in [1.165, 1.54) is 11.3 Å². The average Bonchev–Trinajstić information content (AvgIpc) is 2.28. The quantitative estimate of drug-likeness (QED) is 0.787. The maximum absolute atomic E-state index is 9.26. The molecule has 0 fully saturated rings. The molecule has 11 heavy (non-hydrogen) atoms. The van der Waals surface area contributed by atoms with Gasteiger partial charge in [0.2, 0.25) is 0 Å². The van der Waals surface area contributed by atoms with E-state index in [4.69, 9.17) is 28.9 Å². The lowest BCUT2D eigenvalue weighted by molar-refractivity contribution is 0.187. The summed E-state index contributed by atoms with van der Waals surface area (Å²) < 4.78 is 1.07. The molecule has 1 atom stereocenters. The number of rotatable bonds is 2. The Morgan fingerprint density at radius 2 is 2.27 bits per heavy atom. The van der Waals surface area contributed by atoms with E-state index in [1.54, 1.807) is 6.07 Å². The van der Waals surface area contributed by atoms with Crippen LogP contribution in [0.5, 0.6) is 0 Å². The first kappa shape index (κ1) is 9.29. The van der Waals surface area contributed by atoms with Crippen molar-refractivity contribution in [2.45, 2.75) is 6.10 Å². The van der Waals surface area contributed by atoms with Crippen molar-refractivity contribution in [3.63, 3.8) is 0 Å². The van der Waals surface area contributed by atoms with Crippen molar-refractivity contribution in [3.8, 4) is 0 Å². The Bertz CT molecular complexity index is 251. The van der Waals surface area contributed by atoms with Gasteiger partial charge in [0, 0.05) is 12.1 Å². The standard InChI is InChI=1S/C6H7Cl2NOS/c7-5-1-3(4(10)2-9)6(8)11-5/h1,4,10H,2,9H2. The molecule has 0 radical (unpaired) electrons. The topological polar surface area (TPSA) is 46.2 Å². The zero-order valence-electron chi connectivity index (χ0n) is 5.55. The Kier molecular flexibility index (Phi) is 3.16. The number of hydrogen-bond donors (Lipinski definition) is 2. The highest BCUT2D eigenvalue weighted by Crippen LogP contribution is 2.34. The van der Waals surface area contributed by atoms with Crippen LogP contribution in [0, 0.1) is 0 Å². The second-order valence-corrected chi connectivity index (χ2v) is 4.32. The maximum Gasteiger partial charge on any atom is 0.100 e. The highest BCUT2D eigenvalue weighted by Gasteiger charge is 2.12. The number of aliphatic hydroxyl groups excluding tert-OH is 1. The molecular weight excluding hydrogens is 205 g/mol. The molecule has 0 bridgehead atoms. The summed E-state index contributed by atoms with van der Waals surface area (Å²) in [4.78, 5) is 0. The van der Waals surface area contributed by atoms with Crippen LogP contribution in [0.2, 0.25) is 8.67 Å². The highest BCUT2D eigenvalue weighted by atomic mass is 35.5. The van der Waals surface area contributed by atoms with Crippen LogP contribution in [-0.2, 0) is 0 Å². The van der Waals surface area contributed by atoms with Gasteiger partial charge in [-0.25, -0.2) is 0 Å². The van der Waals surface area contributed by atoms with Crippen LogP contribution < -0.4 is 5.73 Å². The summed E-state index contributed by atoms with van der Waals surface area (Å²) in [6.07, 6.45) is -0.703. The maximum atomic E-state index is 9.26. The molecule has 0 aliphatic heterocycles. The second-order valence-electron chi connectivity index (χ2n) is 2.03. The van der Waals surface area contributed by atoms with E-state index >= 15 is 0 Å². The van der Waals surface area contributed by atoms with Crippen molar-refractivity contribution in [2.24, 2.45) is 5.73 Å². The molecule has 0 aromatic carbocycles. The van der Waals surface area contributed by atoms with Gasteiger partial charge in [-0.2, -0.15) is 0 Å². The van der Waals surface area contributed by atoms with E-state index in [0.29, 0.717) is 14.2 Å². The molecule has 0 aliphatic rings. The summed E-state index contributed by atoms with van der Waals surface area (Å²) in [5, 5.41) is 9.26. The molecule has 1 unspecified atom stereocenters. The largest absolute Gasteiger partial charge is 0.387 e. The van der Waals surface area contributed by atoms with E-state index in [9.17, 15) is 5.11 Å². The minimum Gasteiger partial charge on any atom is -0.387 e. The van der Waals surface area contributed by atoms with Gasteiger partial charge in [-0.05, 0) is 6.07 Å². The van der Waals surface area contributed by atoms with Crippen LogP contribution >= 0.6 is 34.5 Å². The summed E-state index contributed by atoms with van der Waals surface area (Å²) >= 11 is 12.6. The van der Waals surface area contributed by atoms with Crippen LogP contribution in [0.15, 0.2) is 6.07 Å². The predicted molar refractivity (Wildman–Crippen MR) is 48.4 cm³/mol. The normalized spacial score (nSPS) is 13.5. The minimum absolute atomic E-state index is 0.160. The van der Waals surface area contributed by atoms with Gasteiger partial charge in [0.1, 0.15) is 4.34 Å². The van der Waals surface area contributed by atoms with Crippen LogP contribution in [0.4, 0.5) is 0 Å². The third-order valence-electron chi connectivity index (χ3n) is 1.27. The molecule has 1 heterocycles. The summed E-state index contributed by atoms with van der Waals surface area (Å²) in [7, 11) is 0. The highest BCUT2D eigenvalue weighted by molar-refractivity contribution is 7.20. The van der Waals surface area contributed by atoms with Gasteiger partial charge >= 0.3 is 0 Å². The van der Waals surface area contributed by atoms with Crippen molar-refractivity contribution in [1.29, 1.82) is 0 Å². The zero-order chi connectivity index (χ0) is 8.43. The minimum atomic E-state index is -0.703. The number of nitrogens with two attached hydrogens (primary N) is 1. The van der Waals surface area contributed by atoms with Gasteiger partial charge in [-0.1, -0.05) is 23.2 Å². The molecule has 0 aliphatic carbocycles. The average molecular weight is 212 g/mol. The molecule has 0 saturated heterocycles. The summed E-state index contributed by atoms with van der Waals surface area (Å²) in [5.41, 5.74) is 5.85. The number of aliphatic hydroxyl groups is 1. The van der Waals surface area contributed by atoms with Crippen molar-refractivity contribution in [1.82, 2.24) is 0 Å². The fraction of sp³-hybridized carbons (Fsp3) is 0.333. The van der Waals surface area contributed by atoms with Crippen molar-refractivity contribution >= 4 is 34.5 Å². The van der Waals surface area contributed by atoms with Crippen molar-refractivity contribution in [3.05, 3.63) is 20.3 Å². The predicted octanol–water partition coefficient (Wildman–Crippen LogP) is 2.05. The Morgan fingerprint density at radius 1 is 1.64 bits per heavy atom. The molecule has 1 rings (SSSR count). The van der Waals surface area contributed by atoms with Crippen molar-refractivity contribution < 1.29 is 5.11 Å². The summed E-state index contributed by atoms with van der Waals surface area (Å²) in [6, 6.07) is 1.63. The van der Waals surface area contributed by atoms with Crippen molar-refractivity contribution in [2.75, 3.05) is 6.54 Å². The van der Waals surface area contributed by atoms with Gasteiger partial charge in [0.15, 0.2) is 0 Å². The van der Waals surface area contributed by atoms with Gasteiger partial charge in [-0.3, -0.25) is 0 Å². The van der Waals surface area contributed by atoms with E-state index in [-0.39, 0.29) is 6.54 Å². The lowest BCUT2D eigenvalue weighted by atomic mass is 10.2. The number of thiophene rings is 1. The van der Waals surface area contributed by atoms with Gasteiger partial charge in [-0.15, -0.1) is 11.3 Å². The van der Waals surface area contributed by atoms with E-state index in [1.807, 2.05) is 0 Å². The Labute approximate surface area is 78.5 Å². The molecule has 3 N–H and O–H groups in total. The molecular formula is C6H7Cl2NOS. The SMILES string of the molecule is NCC(O)c1cc(Cl)sc1Cl. The number of halogens is 2. The molecule has 0 amide bonds. The van der Waals surface area contributed by atoms with Gasteiger partial charge in [0.05, 0.1) is 10.4 Å². The fourth-order valence-electron chi connectivity index (χ4n) is 0.707. The molecule has 1 aromatic heterocycles. The second kappa shape index (κ2) is 3.74. The van der Waals surface area contributed by atoms with Crippen LogP contribution in [0.3, 0.4) is 0 Å². The molecule has 0 saturated carbocycles. The monoisotopic (exact) mass is 211 g/mol. The molecule has 0 spiro atoms. The molecule has 1 aromatic rings. The smallest absolute Gasteiger partial charge is 0.100 e. The zero-order valence-corrected chi connectivity index (χ0v) is 7.88. The molecule has 2 nitrogen and oxygen atoms in total. The van der Waals surface area contributed by atoms with Crippen LogP contribution in [0.25, 0.3) is 0 Å². The van der Waals surface area contributed by atoms with E-state index in [0.717, 1.165) is 0 Å². The fourth-order valence-corrected chi connectivity index (χ4v) is 2.27. The van der Waals surface area contributed by atoms with Crippen LogP contribution in [-0.4, -0.2) is 11.7 Å². The molecule has 62 valence electrons. The van der Waals surface area contributed by atoms with E-state index < -0.39 is 6.10 Å². The van der Waals surface area contributed by atoms with E-state index in [2.05, 4.69) is 0 Å². The summed E-state index contributed by atoms with van der Waals surface area (Å²) in [5.74, 6) is 0. The first-order chi connectivity index (χ1) is 5.15. The summed E-state index contributed by atoms with van der Waals surface area (Å²) in [6.45, 7) is 0.160. The van der Waals surface area contributed by atoms with Gasteiger partial charge < -0.3 is 10.8 Å². The number of hydrogen-bond acceptors (Lipinski definition) is 3. The Balaban J connectivity index is 2.93. The first-order valence-electron chi connectivity index (χ1n) is 2.98. The molecule has 5 heteroatoms. The van der Waals surface area contributed by atoms with Crippen LogP contribution in [0.1, 0.15) is 11.7 Å².